The van der Waals surface area contributed by atoms with E-state index in [0.717, 1.165) is 0 Å². The molecule has 0 spiro atoms. The summed E-state index contributed by atoms with van der Waals surface area (Å²) < 4.78 is 37.1. The largest absolute Gasteiger partial charge is 0.497 e. The number of ether oxygens (including phenoxy) is 1. The van der Waals surface area contributed by atoms with Crippen LogP contribution in [0.2, 0.25) is 0 Å². The van der Waals surface area contributed by atoms with Crippen molar-refractivity contribution < 1.29 is 23.1 Å². The average Bonchev–Trinajstić information content (AvgIpc) is 3.08. The minimum Gasteiger partial charge on any atom is -0.497 e. The van der Waals surface area contributed by atoms with Crippen LogP contribution in [0.4, 0.5) is 8.78 Å². The van der Waals surface area contributed by atoms with Crippen molar-refractivity contribution in [1.82, 2.24) is 5.32 Å². The summed E-state index contributed by atoms with van der Waals surface area (Å²) in [5, 5.41) is 2.43. The van der Waals surface area contributed by atoms with Crippen molar-refractivity contribution in [2.45, 2.75) is 11.5 Å². The molecule has 0 saturated carbocycles. The summed E-state index contributed by atoms with van der Waals surface area (Å²) in [7, 11) is 1.46. The maximum absolute atomic E-state index is 16.0. The molecule has 1 amide bonds. The maximum Gasteiger partial charge on any atom is 0.340 e. The Morgan fingerprint density at radius 3 is 2.21 bits per heavy atom. The molecule has 1 N–H and O–H groups in total. The second-order valence-corrected chi connectivity index (χ2v) is 6.75. The molecule has 146 valence electrons. The van der Waals surface area contributed by atoms with Crippen LogP contribution in [0.3, 0.4) is 0 Å². The summed E-state index contributed by atoms with van der Waals surface area (Å²) in [6.45, 7) is 0. The number of fused-ring (bicyclic) bond motifs is 1. The first-order valence-electron chi connectivity index (χ1n) is 8.96. The van der Waals surface area contributed by atoms with Crippen LogP contribution >= 0.6 is 0 Å². The molecule has 1 heterocycles. The molecular formula is C23H17F2NO3. The normalized spacial score (nSPS) is 18.1. The summed E-state index contributed by atoms with van der Waals surface area (Å²) in [5.74, 6) is -5.51. The minimum atomic E-state index is -3.95. The predicted molar refractivity (Wildman–Crippen MR) is 103 cm³/mol. The lowest BCUT2D eigenvalue weighted by atomic mass is 9.75. The van der Waals surface area contributed by atoms with Gasteiger partial charge < -0.3 is 10.1 Å². The number of ketones is 1. The topological polar surface area (TPSA) is 55.4 Å². The van der Waals surface area contributed by atoms with Crippen LogP contribution in [0.25, 0.3) is 0 Å². The second-order valence-electron chi connectivity index (χ2n) is 6.75. The number of benzene rings is 3. The third kappa shape index (κ3) is 2.71. The highest BCUT2D eigenvalue weighted by Gasteiger charge is 2.65. The molecule has 3 aromatic carbocycles. The van der Waals surface area contributed by atoms with Crippen LogP contribution in [0.15, 0.2) is 78.9 Å². The Labute approximate surface area is 166 Å². The molecule has 1 atom stereocenters. The summed E-state index contributed by atoms with van der Waals surface area (Å²) in [5.41, 5.74) is -2.21. The van der Waals surface area contributed by atoms with Crippen LogP contribution in [0.5, 0.6) is 5.75 Å². The smallest absolute Gasteiger partial charge is 0.340 e. The van der Waals surface area contributed by atoms with Gasteiger partial charge in [-0.2, -0.15) is 8.78 Å². The molecule has 0 fully saturated rings. The summed E-state index contributed by atoms with van der Waals surface area (Å²) in [6, 6.07) is 19.3. The Morgan fingerprint density at radius 1 is 0.931 bits per heavy atom. The number of rotatable bonds is 5. The summed E-state index contributed by atoms with van der Waals surface area (Å²) in [6.07, 6.45) is 0. The van der Waals surface area contributed by atoms with Gasteiger partial charge in [0, 0.05) is 16.7 Å². The van der Waals surface area contributed by atoms with Crippen molar-refractivity contribution in [3.05, 3.63) is 101 Å². The van der Waals surface area contributed by atoms with E-state index >= 15 is 8.78 Å². The highest BCUT2D eigenvalue weighted by molar-refractivity contribution is 6.07. The third-order valence-corrected chi connectivity index (χ3v) is 5.19. The Kier molecular flexibility index (Phi) is 4.42. The van der Waals surface area contributed by atoms with Gasteiger partial charge in [0.2, 0.25) is 5.78 Å². The first-order valence-corrected chi connectivity index (χ1v) is 8.96. The van der Waals surface area contributed by atoms with Gasteiger partial charge in [-0.15, -0.1) is 0 Å². The predicted octanol–water partition coefficient (Wildman–Crippen LogP) is 4.20. The molecule has 3 aromatic rings. The van der Waals surface area contributed by atoms with E-state index in [1.807, 2.05) is 0 Å². The van der Waals surface area contributed by atoms with Gasteiger partial charge in [0.1, 0.15) is 5.75 Å². The standard InChI is InChI=1S/C23H17F2NO3/c1-29-17-13-11-16(12-14-17)22(19-10-6-5-9-18(19)21(28)26-22)23(24,25)20(27)15-7-3-2-4-8-15/h2-14H,1H3,(H,26,28)/t22-/m0/s1. The molecule has 0 bridgehead atoms. The number of alkyl halides is 2. The van der Waals surface area contributed by atoms with E-state index in [1.54, 1.807) is 18.2 Å². The number of nitrogens with one attached hydrogen (secondary N) is 1. The number of amides is 1. The zero-order valence-electron chi connectivity index (χ0n) is 15.5. The third-order valence-electron chi connectivity index (χ3n) is 5.19. The molecule has 0 radical (unpaired) electrons. The lowest BCUT2D eigenvalue weighted by Crippen LogP contribution is -2.58. The number of hydrogen-bond donors (Lipinski definition) is 1. The molecule has 0 aromatic heterocycles. The van der Waals surface area contributed by atoms with E-state index < -0.39 is 23.2 Å². The molecular weight excluding hydrogens is 376 g/mol. The molecule has 4 rings (SSSR count). The lowest BCUT2D eigenvalue weighted by Gasteiger charge is -2.37. The fraction of sp³-hybridized carbons (Fsp3) is 0.130. The van der Waals surface area contributed by atoms with Crippen molar-refractivity contribution in [2.75, 3.05) is 7.11 Å². The fourth-order valence-corrected chi connectivity index (χ4v) is 3.75. The van der Waals surface area contributed by atoms with Gasteiger partial charge in [0.05, 0.1) is 7.11 Å². The Balaban J connectivity index is 1.97. The number of carbonyl (C=O) groups is 2. The van der Waals surface area contributed by atoms with Crippen molar-refractivity contribution in [3.63, 3.8) is 0 Å². The number of halogens is 2. The van der Waals surface area contributed by atoms with Crippen molar-refractivity contribution in [2.24, 2.45) is 0 Å². The number of hydrogen-bond acceptors (Lipinski definition) is 3. The minimum absolute atomic E-state index is 0.0597. The molecule has 6 heteroatoms. The lowest BCUT2D eigenvalue weighted by molar-refractivity contribution is -0.0411. The quantitative estimate of drug-likeness (QED) is 0.661. The highest BCUT2D eigenvalue weighted by Crippen LogP contribution is 2.49. The van der Waals surface area contributed by atoms with Gasteiger partial charge in [-0.25, -0.2) is 0 Å². The zero-order valence-corrected chi connectivity index (χ0v) is 15.5. The van der Waals surface area contributed by atoms with E-state index in [9.17, 15) is 9.59 Å². The zero-order chi connectivity index (χ0) is 20.6. The molecule has 1 aliphatic heterocycles. The Morgan fingerprint density at radius 2 is 1.55 bits per heavy atom. The molecule has 1 aliphatic rings. The van der Waals surface area contributed by atoms with Crippen LogP contribution in [-0.4, -0.2) is 24.7 Å². The van der Waals surface area contributed by atoms with E-state index in [2.05, 4.69) is 5.32 Å². The molecule has 0 unspecified atom stereocenters. The number of methoxy groups -OCH3 is 1. The van der Waals surface area contributed by atoms with Crippen LogP contribution in [0, 0.1) is 0 Å². The molecule has 0 saturated heterocycles. The summed E-state index contributed by atoms with van der Waals surface area (Å²) in [4.78, 5) is 25.5. The van der Waals surface area contributed by atoms with E-state index in [4.69, 9.17) is 4.74 Å². The monoisotopic (exact) mass is 393 g/mol. The van der Waals surface area contributed by atoms with Gasteiger partial charge in [-0.05, 0) is 23.8 Å². The van der Waals surface area contributed by atoms with Gasteiger partial charge >= 0.3 is 5.92 Å². The van der Waals surface area contributed by atoms with Gasteiger partial charge in [0.15, 0.2) is 5.54 Å². The fourth-order valence-electron chi connectivity index (χ4n) is 3.75. The highest BCUT2D eigenvalue weighted by atomic mass is 19.3. The average molecular weight is 393 g/mol. The Hall–Kier alpha value is -3.54. The van der Waals surface area contributed by atoms with Crippen molar-refractivity contribution in [1.29, 1.82) is 0 Å². The molecule has 4 nitrogen and oxygen atoms in total. The Bertz CT molecular complexity index is 1080. The van der Waals surface area contributed by atoms with Crippen LogP contribution in [-0.2, 0) is 5.54 Å². The maximum atomic E-state index is 16.0. The first kappa shape index (κ1) is 18.8. The van der Waals surface area contributed by atoms with Gasteiger partial charge in [0.25, 0.3) is 5.91 Å². The van der Waals surface area contributed by atoms with Crippen molar-refractivity contribution >= 4 is 11.7 Å². The SMILES string of the molecule is COc1ccc([C@]2(C(F)(F)C(=O)c3ccccc3)NC(=O)c3ccccc32)cc1. The molecule has 29 heavy (non-hydrogen) atoms. The number of Topliss-reactive ketones (excluding diaryl/α,β-unsaturated/α-hetero) is 1. The van der Waals surface area contributed by atoms with E-state index in [0.29, 0.717) is 5.75 Å². The van der Waals surface area contributed by atoms with Gasteiger partial charge in [-0.3, -0.25) is 9.59 Å². The second kappa shape index (κ2) is 6.81. The van der Waals surface area contributed by atoms with E-state index in [-0.39, 0.29) is 22.3 Å². The first-order chi connectivity index (χ1) is 13.9. The number of carbonyl (C=O) groups excluding carboxylic acids is 2. The van der Waals surface area contributed by atoms with Crippen molar-refractivity contribution in [3.8, 4) is 5.75 Å². The van der Waals surface area contributed by atoms with E-state index in [1.165, 1.54) is 67.8 Å². The summed E-state index contributed by atoms with van der Waals surface area (Å²) >= 11 is 0. The van der Waals surface area contributed by atoms with Gasteiger partial charge in [-0.1, -0.05) is 60.7 Å². The van der Waals surface area contributed by atoms with Crippen LogP contribution < -0.4 is 10.1 Å². The molecule has 0 aliphatic carbocycles. The van der Waals surface area contributed by atoms with Crippen LogP contribution in [0.1, 0.15) is 31.8 Å².